The fourth-order valence-electron chi connectivity index (χ4n) is 4.80. The average molecular weight is 495 g/mol. The summed E-state index contributed by atoms with van der Waals surface area (Å²) in [4.78, 5) is 11.4. The molecule has 0 bridgehead atoms. The zero-order valence-electron chi connectivity index (χ0n) is 20.0. The lowest BCUT2D eigenvalue weighted by Gasteiger charge is -2.13. The number of hydrazone groups is 1. The van der Waals surface area contributed by atoms with Gasteiger partial charge in [0.15, 0.2) is 17.3 Å². The van der Waals surface area contributed by atoms with E-state index in [1.54, 1.807) is 31.0 Å². The third kappa shape index (κ3) is 4.38. The highest BCUT2D eigenvalue weighted by molar-refractivity contribution is 7.19. The van der Waals surface area contributed by atoms with E-state index in [9.17, 15) is 0 Å². The summed E-state index contributed by atoms with van der Waals surface area (Å²) >= 11 is 1.78. The minimum Gasteiger partial charge on any atom is -0.493 e. The second-order valence-electron chi connectivity index (χ2n) is 8.82. The van der Waals surface area contributed by atoms with Gasteiger partial charge in [0.25, 0.3) is 0 Å². The van der Waals surface area contributed by atoms with Crippen LogP contribution in [0, 0.1) is 0 Å². The van der Waals surface area contributed by atoms with Crippen molar-refractivity contribution in [2.24, 2.45) is 5.10 Å². The molecule has 0 saturated heterocycles. The van der Waals surface area contributed by atoms with Crippen molar-refractivity contribution in [3.63, 3.8) is 0 Å². The Hall–Kier alpha value is -3.97. The standard InChI is InChI=1S/C29H26N4O2S/c1-34-25-15-19(13-14-24(25)35-17-21-9-6-8-20-7-2-3-10-22(20)21)16-32-33-28-27-23-11-4-5-12-26(23)36-29(27)31-18-30-28/h2-3,6-10,13-16,18H,4-5,11-12,17H2,1H3,(H,30,31,33). The highest BCUT2D eigenvalue weighted by atomic mass is 32.1. The number of nitrogens with one attached hydrogen (secondary N) is 1. The quantitative estimate of drug-likeness (QED) is 0.200. The lowest BCUT2D eigenvalue weighted by atomic mass is 9.97. The zero-order valence-corrected chi connectivity index (χ0v) is 20.8. The first kappa shape index (κ1) is 22.5. The number of aryl methyl sites for hydroxylation is 2. The van der Waals surface area contributed by atoms with Crippen molar-refractivity contribution in [2.75, 3.05) is 12.5 Å². The van der Waals surface area contributed by atoms with E-state index in [0.29, 0.717) is 18.1 Å². The van der Waals surface area contributed by atoms with Gasteiger partial charge in [-0.2, -0.15) is 5.10 Å². The SMILES string of the molecule is COc1cc(C=NNc2ncnc3sc4c(c23)CCCC4)ccc1OCc1cccc2ccccc12. The van der Waals surface area contributed by atoms with Crippen molar-refractivity contribution in [3.8, 4) is 11.5 Å². The molecule has 6 rings (SSSR count). The van der Waals surface area contributed by atoms with Crippen molar-refractivity contribution in [1.82, 2.24) is 9.97 Å². The monoisotopic (exact) mass is 494 g/mol. The fourth-order valence-corrected chi connectivity index (χ4v) is 6.03. The number of hydrogen-bond donors (Lipinski definition) is 1. The zero-order chi connectivity index (χ0) is 24.3. The molecule has 0 radical (unpaired) electrons. The van der Waals surface area contributed by atoms with Crippen LogP contribution in [0.2, 0.25) is 0 Å². The number of rotatable bonds is 7. The molecule has 1 aliphatic rings. The molecule has 6 nitrogen and oxygen atoms in total. The van der Waals surface area contributed by atoms with Crippen LogP contribution in [-0.4, -0.2) is 23.3 Å². The Bertz CT molecular complexity index is 1570. The van der Waals surface area contributed by atoms with Crippen LogP contribution >= 0.6 is 11.3 Å². The Morgan fingerprint density at radius 1 is 1.00 bits per heavy atom. The number of thiophene rings is 1. The molecule has 2 heterocycles. The summed E-state index contributed by atoms with van der Waals surface area (Å²) in [5, 5.41) is 7.98. The molecule has 0 atom stereocenters. The number of methoxy groups -OCH3 is 1. The van der Waals surface area contributed by atoms with Gasteiger partial charge in [-0.05, 0) is 71.3 Å². The molecule has 7 heteroatoms. The Kier molecular flexibility index (Phi) is 6.22. The summed E-state index contributed by atoms with van der Waals surface area (Å²) in [6, 6.07) is 20.4. The number of nitrogens with zero attached hydrogens (tertiary/aromatic N) is 3. The molecule has 0 amide bonds. The van der Waals surface area contributed by atoms with Crippen LogP contribution in [0.5, 0.6) is 11.5 Å². The van der Waals surface area contributed by atoms with E-state index in [2.05, 4.69) is 50.8 Å². The number of benzene rings is 3. The Morgan fingerprint density at radius 3 is 2.83 bits per heavy atom. The van der Waals surface area contributed by atoms with Crippen LogP contribution in [0.3, 0.4) is 0 Å². The van der Waals surface area contributed by atoms with Crippen LogP contribution in [0.15, 0.2) is 72.1 Å². The van der Waals surface area contributed by atoms with Gasteiger partial charge in [0, 0.05) is 4.88 Å². The third-order valence-electron chi connectivity index (χ3n) is 6.59. The van der Waals surface area contributed by atoms with Crippen LogP contribution in [0.4, 0.5) is 5.82 Å². The van der Waals surface area contributed by atoms with Crippen molar-refractivity contribution in [2.45, 2.75) is 32.3 Å². The van der Waals surface area contributed by atoms with Gasteiger partial charge in [-0.15, -0.1) is 11.3 Å². The summed E-state index contributed by atoms with van der Waals surface area (Å²) < 4.78 is 11.8. The molecule has 2 aromatic heterocycles. The molecular weight excluding hydrogens is 468 g/mol. The first-order valence-electron chi connectivity index (χ1n) is 12.1. The molecule has 1 aliphatic carbocycles. The predicted molar refractivity (Wildman–Crippen MR) is 147 cm³/mol. The van der Waals surface area contributed by atoms with E-state index >= 15 is 0 Å². The van der Waals surface area contributed by atoms with Gasteiger partial charge in [-0.25, -0.2) is 9.97 Å². The normalized spacial score (nSPS) is 13.2. The average Bonchev–Trinajstić information content (AvgIpc) is 3.31. The van der Waals surface area contributed by atoms with E-state index in [0.717, 1.165) is 40.0 Å². The summed E-state index contributed by atoms with van der Waals surface area (Å²) in [6.45, 7) is 0.460. The van der Waals surface area contributed by atoms with Gasteiger partial charge in [0.1, 0.15) is 17.8 Å². The maximum atomic E-state index is 6.14. The minimum absolute atomic E-state index is 0.460. The van der Waals surface area contributed by atoms with Crippen molar-refractivity contribution in [3.05, 3.63) is 88.6 Å². The lowest BCUT2D eigenvalue weighted by Crippen LogP contribution is -2.01. The summed E-state index contributed by atoms with van der Waals surface area (Å²) in [7, 11) is 1.65. The van der Waals surface area contributed by atoms with Gasteiger partial charge in [-0.3, -0.25) is 5.43 Å². The highest BCUT2D eigenvalue weighted by Crippen LogP contribution is 2.38. The van der Waals surface area contributed by atoms with Gasteiger partial charge >= 0.3 is 0 Å². The second kappa shape index (κ2) is 9.95. The molecule has 3 aromatic carbocycles. The van der Waals surface area contributed by atoms with Gasteiger partial charge in [0.2, 0.25) is 0 Å². The smallest absolute Gasteiger partial charge is 0.161 e. The Labute approximate surface area is 213 Å². The van der Waals surface area contributed by atoms with Crippen LogP contribution < -0.4 is 14.9 Å². The van der Waals surface area contributed by atoms with E-state index in [1.807, 2.05) is 30.3 Å². The molecule has 180 valence electrons. The number of aromatic nitrogens is 2. The lowest BCUT2D eigenvalue weighted by molar-refractivity contribution is 0.285. The van der Waals surface area contributed by atoms with Gasteiger partial charge in [-0.1, -0.05) is 42.5 Å². The number of hydrogen-bond acceptors (Lipinski definition) is 7. The predicted octanol–water partition coefficient (Wildman–Crippen LogP) is 6.76. The van der Waals surface area contributed by atoms with Crippen molar-refractivity contribution >= 4 is 44.4 Å². The number of ether oxygens (including phenoxy) is 2. The largest absolute Gasteiger partial charge is 0.493 e. The summed E-state index contributed by atoms with van der Waals surface area (Å²) in [6.07, 6.45) is 8.05. The van der Waals surface area contributed by atoms with E-state index in [1.165, 1.54) is 34.1 Å². The van der Waals surface area contributed by atoms with Crippen molar-refractivity contribution in [1.29, 1.82) is 0 Å². The molecule has 1 N–H and O–H groups in total. The molecule has 0 unspecified atom stereocenters. The topological polar surface area (TPSA) is 68.6 Å². The van der Waals surface area contributed by atoms with Gasteiger partial charge < -0.3 is 9.47 Å². The molecule has 5 aromatic rings. The minimum atomic E-state index is 0.460. The number of fused-ring (bicyclic) bond motifs is 4. The van der Waals surface area contributed by atoms with Crippen LogP contribution in [-0.2, 0) is 19.4 Å². The fraction of sp³-hybridized carbons (Fsp3) is 0.207. The first-order valence-corrected chi connectivity index (χ1v) is 12.9. The summed E-state index contributed by atoms with van der Waals surface area (Å²) in [5.41, 5.74) is 6.56. The Balaban J connectivity index is 1.18. The van der Waals surface area contributed by atoms with Crippen LogP contribution in [0.1, 0.15) is 34.4 Å². The van der Waals surface area contributed by atoms with Crippen LogP contribution in [0.25, 0.3) is 21.0 Å². The highest BCUT2D eigenvalue weighted by Gasteiger charge is 2.19. The second-order valence-corrected chi connectivity index (χ2v) is 9.90. The van der Waals surface area contributed by atoms with E-state index < -0.39 is 0 Å². The Morgan fingerprint density at radius 2 is 1.89 bits per heavy atom. The van der Waals surface area contributed by atoms with Gasteiger partial charge in [0.05, 0.1) is 18.7 Å². The number of anilines is 1. The van der Waals surface area contributed by atoms with E-state index in [-0.39, 0.29) is 0 Å². The molecule has 0 saturated carbocycles. The first-order chi connectivity index (χ1) is 17.8. The van der Waals surface area contributed by atoms with Crippen molar-refractivity contribution < 1.29 is 9.47 Å². The molecule has 0 aliphatic heterocycles. The maximum Gasteiger partial charge on any atom is 0.161 e. The molecule has 0 spiro atoms. The third-order valence-corrected chi connectivity index (χ3v) is 7.79. The molecule has 36 heavy (non-hydrogen) atoms. The van der Waals surface area contributed by atoms with E-state index in [4.69, 9.17) is 9.47 Å². The summed E-state index contributed by atoms with van der Waals surface area (Å²) in [5.74, 6) is 2.12. The molecular formula is C29H26N4O2S. The molecule has 0 fully saturated rings. The maximum absolute atomic E-state index is 6.14.